The fourth-order valence-electron chi connectivity index (χ4n) is 2.41. The number of hydrogen-bond acceptors (Lipinski definition) is 2. The van der Waals surface area contributed by atoms with Crippen molar-refractivity contribution in [1.29, 1.82) is 0 Å². The van der Waals surface area contributed by atoms with Gasteiger partial charge in [0.05, 0.1) is 6.42 Å². The minimum Gasteiger partial charge on any atom is -0.481 e. The monoisotopic (exact) mass is 197 g/mol. The molecular weight excluding hydrogens is 178 g/mol. The molecule has 3 nitrogen and oxygen atoms in total. The average molecular weight is 197 g/mol. The second kappa shape index (κ2) is 3.54. The summed E-state index contributed by atoms with van der Waals surface area (Å²) in [6.45, 7) is 4.33. The van der Waals surface area contributed by atoms with Crippen LogP contribution >= 0.6 is 0 Å². The number of piperidine rings is 1. The predicted molar refractivity (Wildman–Crippen MR) is 54.2 cm³/mol. The van der Waals surface area contributed by atoms with Crippen LogP contribution in [0, 0.1) is 5.41 Å². The van der Waals surface area contributed by atoms with Crippen molar-refractivity contribution < 1.29 is 9.90 Å². The van der Waals surface area contributed by atoms with Crippen LogP contribution in [-0.2, 0) is 4.79 Å². The summed E-state index contributed by atoms with van der Waals surface area (Å²) in [5, 5.41) is 8.80. The maximum absolute atomic E-state index is 10.7. The molecule has 2 aliphatic rings. The van der Waals surface area contributed by atoms with Crippen LogP contribution in [0.5, 0.6) is 0 Å². The Kier molecular flexibility index (Phi) is 2.52. The molecule has 1 aliphatic carbocycles. The lowest BCUT2D eigenvalue weighted by Gasteiger charge is -2.38. The largest absolute Gasteiger partial charge is 0.481 e. The van der Waals surface area contributed by atoms with Gasteiger partial charge in [-0.3, -0.25) is 4.79 Å². The quantitative estimate of drug-likeness (QED) is 0.749. The highest BCUT2D eigenvalue weighted by molar-refractivity contribution is 5.67. The molecule has 14 heavy (non-hydrogen) atoms. The van der Waals surface area contributed by atoms with E-state index >= 15 is 0 Å². The molecule has 0 aromatic rings. The molecule has 0 unspecified atom stereocenters. The fraction of sp³-hybridized carbons (Fsp3) is 0.909. The fourth-order valence-corrected chi connectivity index (χ4v) is 2.41. The van der Waals surface area contributed by atoms with E-state index in [9.17, 15) is 4.79 Å². The molecule has 0 bridgehead atoms. The van der Waals surface area contributed by atoms with Crippen LogP contribution in [-0.4, -0.2) is 35.1 Å². The summed E-state index contributed by atoms with van der Waals surface area (Å²) >= 11 is 0. The van der Waals surface area contributed by atoms with Gasteiger partial charge in [0.2, 0.25) is 0 Å². The van der Waals surface area contributed by atoms with E-state index in [0.29, 0.717) is 6.42 Å². The first-order valence-corrected chi connectivity index (χ1v) is 5.55. The van der Waals surface area contributed by atoms with Crippen molar-refractivity contribution in [3.8, 4) is 0 Å². The molecule has 1 saturated carbocycles. The van der Waals surface area contributed by atoms with Crippen molar-refractivity contribution in [2.75, 3.05) is 13.1 Å². The predicted octanol–water partition coefficient (Wildman–Crippen LogP) is 1.73. The molecule has 1 saturated heterocycles. The minimum absolute atomic E-state index is 0.0528. The molecule has 2 fully saturated rings. The number of hydrogen-bond donors (Lipinski definition) is 1. The van der Waals surface area contributed by atoms with E-state index in [-0.39, 0.29) is 5.41 Å². The van der Waals surface area contributed by atoms with Crippen molar-refractivity contribution in [3.63, 3.8) is 0 Å². The van der Waals surface area contributed by atoms with Gasteiger partial charge >= 0.3 is 5.97 Å². The van der Waals surface area contributed by atoms with Gasteiger partial charge in [0.15, 0.2) is 0 Å². The molecule has 0 spiro atoms. The van der Waals surface area contributed by atoms with Gasteiger partial charge in [-0.05, 0) is 44.2 Å². The summed E-state index contributed by atoms with van der Waals surface area (Å²) in [5.74, 6) is -0.646. The summed E-state index contributed by atoms with van der Waals surface area (Å²) in [6, 6.07) is 0.837. The lowest BCUT2D eigenvalue weighted by Crippen LogP contribution is -2.40. The van der Waals surface area contributed by atoms with E-state index in [0.717, 1.165) is 32.0 Å². The summed E-state index contributed by atoms with van der Waals surface area (Å²) in [4.78, 5) is 13.2. The van der Waals surface area contributed by atoms with Crippen LogP contribution in [0.3, 0.4) is 0 Å². The zero-order valence-electron chi connectivity index (χ0n) is 8.83. The molecule has 3 heteroatoms. The molecule has 80 valence electrons. The summed E-state index contributed by atoms with van der Waals surface area (Å²) in [5.41, 5.74) is 0.0528. The first kappa shape index (κ1) is 9.97. The first-order valence-electron chi connectivity index (χ1n) is 5.55. The third-order valence-corrected chi connectivity index (χ3v) is 3.65. The number of rotatable bonds is 3. The Hall–Kier alpha value is -0.570. The summed E-state index contributed by atoms with van der Waals surface area (Å²) in [6.07, 6.45) is 5.16. The van der Waals surface area contributed by atoms with Gasteiger partial charge in [-0.25, -0.2) is 0 Å². The van der Waals surface area contributed by atoms with Crippen LogP contribution in [0.2, 0.25) is 0 Å². The van der Waals surface area contributed by atoms with E-state index < -0.39 is 5.97 Å². The third-order valence-electron chi connectivity index (χ3n) is 3.65. The van der Waals surface area contributed by atoms with Gasteiger partial charge in [-0.15, -0.1) is 0 Å². The van der Waals surface area contributed by atoms with Crippen molar-refractivity contribution in [3.05, 3.63) is 0 Å². The van der Waals surface area contributed by atoms with Crippen molar-refractivity contribution in [2.24, 2.45) is 5.41 Å². The summed E-state index contributed by atoms with van der Waals surface area (Å²) in [7, 11) is 0. The van der Waals surface area contributed by atoms with Gasteiger partial charge in [0.25, 0.3) is 0 Å². The number of nitrogens with zero attached hydrogens (tertiary/aromatic N) is 1. The Morgan fingerprint density at radius 2 is 2.00 bits per heavy atom. The Labute approximate surface area is 85.1 Å². The normalized spacial score (nSPS) is 27.5. The molecule has 0 amide bonds. The average Bonchev–Trinajstić information content (AvgIpc) is 2.86. The van der Waals surface area contributed by atoms with E-state index in [1.54, 1.807) is 0 Å². The second-order valence-electron chi connectivity index (χ2n) is 5.15. The van der Waals surface area contributed by atoms with Crippen LogP contribution in [0.4, 0.5) is 0 Å². The van der Waals surface area contributed by atoms with Gasteiger partial charge < -0.3 is 10.0 Å². The van der Waals surface area contributed by atoms with Crippen molar-refractivity contribution in [1.82, 2.24) is 4.90 Å². The molecule has 0 radical (unpaired) electrons. The topological polar surface area (TPSA) is 40.5 Å². The summed E-state index contributed by atoms with van der Waals surface area (Å²) < 4.78 is 0. The highest BCUT2D eigenvalue weighted by Gasteiger charge is 2.37. The third kappa shape index (κ3) is 2.27. The highest BCUT2D eigenvalue weighted by Crippen LogP contribution is 2.38. The van der Waals surface area contributed by atoms with Crippen LogP contribution in [0.25, 0.3) is 0 Å². The molecular formula is C11H19NO2. The van der Waals surface area contributed by atoms with E-state index in [1.165, 1.54) is 12.8 Å². The number of aliphatic carboxylic acids is 1. The lowest BCUT2D eigenvalue weighted by molar-refractivity contribution is -0.140. The molecule has 1 aliphatic heterocycles. The van der Waals surface area contributed by atoms with Gasteiger partial charge in [0, 0.05) is 6.04 Å². The molecule has 1 N–H and O–H groups in total. The Morgan fingerprint density at radius 3 is 2.43 bits per heavy atom. The van der Waals surface area contributed by atoms with Gasteiger partial charge in [0.1, 0.15) is 0 Å². The molecule has 0 atom stereocenters. The van der Waals surface area contributed by atoms with Gasteiger partial charge in [-0.2, -0.15) is 0 Å². The SMILES string of the molecule is CC1(CC(=O)O)CCN(C2CC2)CC1. The second-order valence-corrected chi connectivity index (χ2v) is 5.15. The number of likely N-dealkylation sites (tertiary alicyclic amines) is 1. The van der Waals surface area contributed by atoms with E-state index in [4.69, 9.17) is 5.11 Å². The lowest BCUT2D eigenvalue weighted by atomic mass is 9.77. The first-order chi connectivity index (χ1) is 6.59. The van der Waals surface area contributed by atoms with Crippen LogP contribution in [0.15, 0.2) is 0 Å². The highest BCUT2D eigenvalue weighted by atomic mass is 16.4. The molecule has 0 aromatic carbocycles. The minimum atomic E-state index is -0.646. The van der Waals surface area contributed by atoms with E-state index in [2.05, 4.69) is 11.8 Å². The zero-order valence-corrected chi connectivity index (χ0v) is 8.83. The van der Waals surface area contributed by atoms with Gasteiger partial charge in [-0.1, -0.05) is 6.92 Å². The standard InChI is InChI=1S/C11H19NO2/c1-11(8-10(13)14)4-6-12(7-5-11)9-2-3-9/h9H,2-8H2,1H3,(H,13,14). The van der Waals surface area contributed by atoms with Crippen LogP contribution < -0.4 is 0 Å². The maximum Gasteiger partial charge on any atom is 0.303 e. The Bertz CT molecular complexity index is 227. The van der Waals surface area contributed by atoms with Crippen molar-refractivity contribution >= 4 is 5.97 Å². The van der Waals surface area contributed by atoms with E-state index in [1.807, 2.05) is 0 Å². The maximum atomic E-state index is 10.7. The smallest absolute Gasteiger partial charge is 0.303 e. The van der Waals surface area contributed by atoms with Crippen LogP contribution in [0.1, 0.15) is 39.0 Å². The Balaban J connectivity index is 1.83. The molecule has 2 rings (SSSR count). The number of carboxylic acids is 1. The van der Waals surface area contributed by atoms with Crippen molar-refractivity contribution in [2.45, 2.75) is 45.1 Å². The molecule has 0 aromatic heterocycles. The number of carboxylic acid groups (broad SMARTS) is 1. The number of carbonyl (C=O) groups is 1. The Morgan fingerprint density at radius 1 is 1.43 bits per heavy atom. The zero-order chi connectivity index (χ0) is 10.2. The molecule has 1 heterocycles.